The molecule has 4 nitrogen and oxygen atoms in total. The molecule has 1 aromatic heterocycles. The lowest BCUT2D eigenvalue weighted by molar-refractivity contribution is 1.08. The van der Waals surface area contributed by atoms with Crippen molar-refractivity contribution in [2.24, 2.45) is 0 Å². The van der Waals surface area contributed by atoms with Crippen molar-refractivity contribution in [2.75, 3.05) is 0 Å². The van der Waals surface area contributed by atoms with Gasteiger partial charge in [-0.3, -0.25) is 9.78 Å². The minimum absolute atomic E-state index is 0.375. The maximum atomic E-state index is 11.5. The van der Waals surface area contributed by atoms with E-state index < -0.39 is 11.2 Å². The average molecular weight is 290 g/mol. The topological polar surface area (TPSA) is 65.7 Å². The molecule has 0 unspecified atom stereocenters. The van der Waals surface area contributed by atoms with Crippen LogP contribution in [0, 0.1) is 6.92 Å². The van der Waals surface area contributed by atoms with Gasteiger partial charge in [0.1, 0.15) is 0 Å². The maximum absolute atomic E-state index is 11.5. The predicted molar refractivity (Wildman–Crippen MR) is 62.6 cm³/mol. The zero-order valence-electron chi connectivity index (χ0n) is 7.65. The van der Waals surface area contributed by atoms with Crippen molar-refractivity contribution in [3.8, 4) is 0 Å². The molecule has 0 fully saturated rings. The Morgan fingerprint density at radius 3 is 2.67 bits per heavy atom. The summed E-state index contributed by atoms with van der Waals surface area (Å²) in [7, 11) is 0. The number of halogens is 2. The summed E-state index contributed by atoms with van der Waals surface area (Å²) < 4.78 is 0.679. The van der Waals surface area contributed by atoms with Gasteiger partial charge in [-0.15, -0.1) is 0 Å². The van der Waals surface area contributed by atoms with E-state index in [1.54, 1.807) is 6.92 Å². The van der Waals surface area contributed by atoms with E-state index >= 15 is 0 Å². The monoisotopic (exact) mass is 288 g/mol. The molecular weight excluding hydrogens is 283 g/mol. The molecule has 78 valence electrons. The fourth-order valence-electron chi connectivity index (χ4n) is 1.41. The first kappa shape index (κ1) is 10.4. The van der Waals surface area contributed by atoms with Gasteiger partial charge < -0.3 is 4.98 Å². The third-order valence-corrected chi connectivity index (χ3v) is 3.71. The van der Waals surface area contributed by atoms with Gasteiger partial charge in [0.15, 0.2) is 0 Å². The van der Waals surface area contributed by atoms with Crippen LogP contribution in [-0.2, 0) is 0 Å². The Morgan fingerprint density at radius 2 is 2.00 bits per heavy atom. The number of H-pyrrole nitrogens is 2. The minimum Gasteiger partial charge on any atom is -0.307 e. The summed E-state index contributed by atoms with van der Waals surface area (Å²) in [6, 6.07) is 1.52. The van der Waals surface area contributed by atoms with Crippen LogP contribution in [0.5, 0.6) is 0 Å². The van der Waals surface area contributed by atoms with E-state index in [0.29, 0.717) is 20.4 Å². The highest BCUT2D eigenvalue weighted by Gasteiger charge is 2.09. The summed E-state index contributed by atoms with van der Waals surface area (Å²) in [6.45, 7) is 1.77. The molecule has 2 rings (SSSR count). The van der Waals surface area contributed by atoms with Crippen LogP contribution >= 0.6 is 27.5 Å². The van der Waals surface area contributed by atoms with Gasteiger partial charge in [-0.25, -0.2) is 4.79 Å². The van der Waals surface area contributed by atoms with Gasteiger partial charge >= 0.3 is 5.69 Å². The second kappa shape index (κ2) is 3.50. The quantitative estimate of drug-likeness (QED) is 0.778. The standard InChI is InChI=1S/C9H6BrClN2O2/c1-3-6(10)5(11)2-4-7(3)12-9(15)13-8(4)14/h2H,1H3,(H2,12,13,14,15). The van der Waals surface area contributed by atoms with Gasteiger partial charge in [0.2, 0.25) is 0 Å². The average Bonchev–Trinajstić information content (AvgIpc) is 2.17. The smallest absolute Gasteiger partial charge is 0.307 e. The van der Waals surface area contributed by atoms with E-state index in [0.717, 1.165) is 5.56 Å². The van der Waals surface area contributed by atoms with Gasteiger partial charge in [0.05, 0.1) is 15.9 Å². The third kappa shape index (κ3) is 1.61. The van der Waals surface area contributed by atoms with Crippen molar-refractivity contribution in [1.82, 2.24) is 9.97 Å². The van der Waals surface area contributed by atoms with E-state index in [1.165, 1.54) is 6.07 Å². The number of aryl methyl sites for hydroxylation is 1. The van der Waals surface area contributed by atoms with E-state index in [2.05, 4.69) is 25.9 Å². The second-order valence-electron chi connectivity index (χ2n) is 3.13. The Labute approximate surface area is 97.4 Å². The molecule has 0 amide bonds. The summed E-state index contributed by atoms with van der Waals surface area (Å²) >= 11 is 9.20. The molecule has 0 saturated heterocycles. The van der Waals surface area contributed by atoms with E-state index in [9.17, 15) is 9.59 Å². The Balaban J connectivity index is 3.12. The van der Waals surface area contributed by atoms with E-state index in [4.69, 9.17) is 11.6 Å². The summed E-state index contributed by atoms with van der Waals surface area (Å²) in [6.07, 6.45) is 0. The largest absolute Gasteiger partial charge is 0.326 e. The molecule has 6 heteroatoms. The molecule has 15 heavy (non-hydrogen) atoms. The first-order valence-corrected chi connectivity index (χ1v) is 5.28. The van der Waals surface area contributed by atoms with Crippen LogP contribution in [0.15, 0.2) is 20.1 Å². The highest BCUT2D eigenvalue weighted by Crippen LogP contribution is 2.29. The Morgan fingerprint density at radius 1 is 1.33 bits per heavy atom. The molecule has 2 N–H and O–H groups in total. The van der Waals surface area contributed by atoms with Crippen molar-refractivity contribution in [1.29, 1.82) is 0 Å². The van der Waals surface area contributed by atoms with E-state index in [1.807, 2.05) is 0 Å². The van der Waals surface area contributed by atoms with Crippen LogP contribution in [0.25, 0.3) is 10.9 Å². The molecule has 0 saturated carbocycles. The first-order valence-electron chi connectivity index (χ1n) is 4.11. The molecule has 0 aliphatic rings. The van der Waals surface area contributed by atoms with Crippen LogP contribution in [0.2, 0.25) is 5.02 Å². The highest BCUT2D eigenvalue weighted by atomic mass is 79.9. The number of fused-ring (bicyclic) bond motifs is 1. The number of benzene rings is 1. The lowest BCUT2D eigenvalue weighted by Gasteiger charge is -2.05. The zero-order valence-corrected chi connectivity index (χ0v) is 9.99. The van der Waals surface area contributed by atoms with Gasteiger partial charge in [-0.1, -0.05) is 11.6 Å². The molecule has 1 heterocycles. The molecule has 0 spiro atoms. The van der Waals surface area contributed by atoms with Gasteiger partial charge in [0, 0.05) is 4.47 Å². The summed E-state index contributed by atoms with van der Waals surface area (Å²) in [5, 5.41) is 0.817. The Hall–Kier alpha value is -1.07. The van der Waals surface area contributed by atoms with Crippen LogP contribution in [-0.4, -0.2) is 9.97 Å². The van der Waals surface area contributed by atoms with Crippen LogP contribution in [0.1, 0.15) is 5.56 Å². The minimum atomic E-state index is -0.523. The van der Waals surface area contributed by atoms with Gasteiger partial charge in [-0.05, 0) is 34.5 Å². The van der Waals surface area contributed by atoms with Gasteiger partial charge in [-0.2, -0.15) is 0 Å². The molecule has 2 aromatic rings. The van der Waals surface area contributed by atoms with Crippen molar-refractivity contribution in [3.63, 3.8) is 0 Å². The number of aromatic nitrogens is 2. The van der Waals surface area contributed by atoms with Crippen molar-refractivity contribution in [3.05, 3.63) is 42.0 Å². The molecule has 0 aliphatic heterocycles. The molecule has 0 aliphatic carbocycles. The molecule has 0 radical (unpaired) electrons. The molecule has 0 bridgehead atoms. The van der Waals surface area contributed by atoms with E-state index in [-0.39, 0.29) is 0 Å². The predicted octanol–water partition coefficient (Wildman–Crippen LogP) is 1.94. The molecule has 0 atom stereocenters. The molecular formula is C9H6BrClN2O2. The number of rotatable bonds is 0. The number of hydrogen-bond acceptors (Lipinski definition) is 2. The third-order valence-electron chi connectivity index (χ3n) is 2.16. The zero-order chi connectivity index (χ0) is 11.2. The number of aromatic amines is 2. The first-order chi connectivity index (χ1) is 7.00. The highest BCUT2D eigenvalue weighted by molar-refractivity contribution is 9.10. The number of hydrogen-bond donors (Lipinski definition) is 2. The number of nitrogens with one attached hydrogen (secondary N) is 2. The van der Waals surface area contributed by atoms with Crippen molar-refractivity contribution >= 4 is 38.4 Å². The fourth-order valence-corrected chi connectivity index (χ4v) is 1.97. The second-order valence-corrected chi connectivity index (χ2v) is 4.33. The molecule has 1 aromatic carbocycles. The summed E-state index contributed by atoms with van der Waals surface area (Å²) in [5.41, 5.74) is 0.275. The van der Waals surface area contributed by atoms with Crippen molar-refractivity contribution < 1.29 is 0 Å². The van der Waals surface area contributed by atoms with Gasteiger partial charge in [0.25, 0.3) is 5.56 Å². The van der Waals surface area contributed by atoms with Crippen LogP contribution in [0.4, 0.5) is 0 Å². The fraction of sp³-hybridized carbons (Fsp3) is 0.111. The Kier molecular flexibility index (Phi) is 2.44. The normalized spacial score (nSPS) is 10.9. The lowest BCUT2D eigenvalue weighted by atomic mass is 10.1. The summed E-state index contributed by atoms with van der Waals surface area (Å²) in [4.78, 5) is 27.3. The van der Waals surface area contributed by atoms with Crippen LogP contribution in [0.3, 0.4) is 0 Å². The van der Waals surface area contributed by atoms with Crippen molar-refractivity contribution in [2.45, 2.75) is 6.92 Å². The Bertz CT molecular complexity index is 659. The SMILES string of the molecule is Cc1c(Br)c(Cl)cc2c(=O)[nH]c(=O)[nH]c12. The summed E-state index contributed by atoms with van der Waals surface area (Å²) in [5.74, 6) is 0. The lowest BCUT2D eigenvalue weighted by Crippen LogP contribution is -2.22. The van der Waals surface area contributed by atoms with Crippen LogP contribution < -0.4 is 11.2 Å². The maximum Gasteiger partial charge on any atom is 0.326 e.